The average Bonchev–Trinajstić information content (AvgIpc) is 1.68. The molecule has 0 fully saturated rings. The van der Waals surface area contributed by atoms with E-state index in [2.05, 4.69) is 78.1 Å². The molecule has 440 valence electrons. The van der Waals surface area contributed by atoms with Gasteiger partial charge in [-0.25, -0.2) is 23.4 Å². The molecule has 0 aliphatic heterocycles. The van der Waals surface area contributed by atoms with Crippen molar-refractivity contribution in [2.45, 2.75) is 52.6 Å². The number of hydrogen-bond acceptors (Lipinski definition) is 14. The Morgan fingerprint density at radius 1 is 0.540 bits per heavy atom. The number of H-pyrrole nitrogens is 3. The zero-order valence-electron chi connectivity index (χ0n) is 48.8. The molecule has 0 bridgehead atoms. The summed E-state index contributed by atoms with van der Waals surface area (Å²) in [4.78, 5) is 64.2. The summed E-state index contributed by atoms with van der Waals surface area (Å²) in [7, 11) is 5.96. The molecule has 12 aromatic rings. The van der Waals surface area contributed by atoms with Crippen LogP contribution in [0, 0.1) is 11.6 Å². The van der Waals surface area contributed by atoms with Crippen molar-refractivity contribution < 1.29 is 18.4 Å². The molecule has 0 radical (unpaired) electrons. The number of likely N-dealkylation sites (N-methyl/N-ethyl adjacent to an activating group) is 2. The van der Waals surface area contributed by atoms with E-state index in [9.17, 15) is 9.59 Å². The van der Waals surface area contributed by atoms with Crippen LogP contribution in [0.2, 0.25) is 0 Å². The first kappa shape index (κ1) is 57.1. The maximum atomic E-state index is 15.7. The molecule has 0 aliphatic rings. The fourth-order valence-electron chi connectivity index (χ4n) is 10.7. The Hall–Kier alpha value is -10.3. The molecule has 12 rings (SSSR count). The van der Waals surface area contributed by atoms with Crippen LogP contribution in [0.15, 0.2) is 135 Å². The van der Waals surface area contributed by atoms with Crippen molar-refractivity contribution in [2.24, 2.45) is 0 Å². The van der Waals surface area contributed by atoms with Gasteiger partial charge in [0.1, 0.15) is 23.0 Å². The van der Waals surface area contributed by atoms with Gasteiger partial charge in [-0.05, 0) is 129 Å². The first-order valence-electron chi connectivity index (χ1n) is 28.9. The Bertz CT molecular complexity index is 4510. The summed E-state index contributed by atoms with van der Waals surface area (Å²) in [6, 6.07) is 25.5. The second-order valence-electron chi connectivity index (χ2n) is 22.0. The molecule has 0 atom stereocenters. The molecule has 20 nitrogen and oxygen atoms in total. The number of nitrogens with zero attached hydrogens (tertiary/aromatic N) is 11. The Kier molecular flexibility index (Phi) is 16.5. The van der Waals surface area contributed by atoms with E-state index in [0.717, 1.165) is 69.9 Å². The first-order chi connectivity index (χ1) is 42.3. The van der Waals surface area contributed by atoms with E-state index in [4.69, 9.17) is 15.1 Å². The third kappa shape index (κ3) is 12.7. The number of nitrogens with one attached hydrogen (secondary N) is 7. The van der Waals surface area contributed by atoms with Gasteiger partial charge in [-0.15, -0.1) is 0 Å². The van der Waals surface area contributed by atoms with Gasteiger partial charge in [-0.3, -0.25) is 39.5 Å². The Balaban J connectivity index is 0.791. The summed E-state index contributed by atoms with van der Waals surface area (Å²) < 4.78 is 32.9. The number of carbonyl (C=O) groups excluding carboxylic acids is 2. The van der Waals surface area contributed by atoms with E-state index >= 15 is 8.78 Å². The van der Waals surface area contributed by atoms with Crippen molar-refractivity contribution in [1.82, 2.24) is 69.6 Å². The van der Waals surface area contributed by atoms with Crippen molar-refractivity contribution in [3.63, 3.8) is 0 Å². The number of anilines is 4. The topological polar surface area (TPSA) is 244 Å². The zero-order chi connectivity index (χ0) is 60.1. The van der Waals surface area contributed by atoms with Gasteiger partial charge in [0, 0.05) is 108 Å². The highest BCUT2D eigenvalue weighted by atomic mass is 19.1. The number of aromatic amines is 3. The van der Waals surface area contributed by atoms with Crippen LogP contribution in [0.4, 0.5) is 31.5 Å². The van der Waals surface area contributed by atoms with Crippen LogP contribution in [0.3, 0.4) is 0 Å². The van der Waals surface area contributed by atoms with Crippen molar-refractivity contribution in [1.29, 1.82) is 0 Å². The Morgan fingerprint density at radius 2 is 1.09 bits per heavy atom. The van der Waals surface area contributed by atoms with Gasteiger partial charge in [-0.2, -0.15) is 10.2 Å². The van der Waals surface area contributed by atoms with Gasteiger partial charge in [0.2, 0.25) is 11.8 Å². The maximum Gasteiger partial charge on any atom is 0.224 e. The van der Waals surface area contributed by atoms with E-state index in [1.807, 2.05) is 93.4 Å². The normalized spacial score (nSPS) is 11.7. The quantitative estimate of drug-likeness (QED) is 0.0315. The summed E-state index contributed by atoms with van der Waals surface area (Å²) in [6.45, 7) is 6.79. The summed E-state index contributed by atoms with van der Waals surface area (Å²) in [6.07, 6.45) is 16.9. The predicted octanol–water partition coefficient (Wildman–Crippen LogP) is 12.4. The van der Waals surface area contributed by atoms with E-state index in [1.54, 1.807) is 49.6 Å². The molecule has 0 spiro atoms. The minimum atomic E-state index is -0.429. The highest BCUT2D eigenvalue weighted by Gasteiger charge is 2.22. The standard InChI is InChI=1S/C65H64F2N18O2/c1-6-8-10-59(87)75-49-23-42(29-68-32-49)38-11-13-54-50(25-38)62(81-80-54)64-76-55-35-70-33-52(60(55)78-64)41-20-45(67)28-47(22-41)73-16-18-84(5)37-85-57-14-12-39(43-24-48(31-69-30-43)74-58(86)9-7-2)26-51(57)63(82-85)65-77-56-36-71-34-53(61(56)79-65)40-19-44(66)27-46(21-40)72-15-17-83(3)4/h11-14,19-36,72-73H,6-10,15-18,37H2,1-5H3,(H,74,86)(H,75,87)(H,76,78)(H,77,79)(H,80,81). The van der Waals surface area contributed by atoms with Crippen molar-refractivity contribution >= 4 is 78.4 Å². The molecule has 7 N–H and O–H groups in total. The number of halogens is 2. The monoisotopic (exact) mass is 1170 g/mol. The number of fused-ring (bicyclic) bond motifs is 4. The van der Waals surface area contributed by atoms with Crippen LogP contribution in [-0.2, 0) is 16.3 Å². The van der Waals surface area contributed by atoms with E-state index < -0.39 is 5.82 Å². The number of hydrogen-bond donors (Lipinski definition) is 7. The second kappa shape index (κ2) is 25.1. The number of imidazole rings is 2. The van der Waals surface area contributed by atoms with Crippen LogP contribution in [0.5, 0.6) is 0 Å². The highest BCUT2D eigenvalue weighted by Crippen LogP contribution is 2.37. The fraction of sp³-hybridized carbons (Fsp3) is 0.231. The number of rotatable bonds is 23. The van der Waals surface area contributed by atoms with Gasteiger partial charge in [-0.1, -0.05) is 32.4 Å². The summed E-state index contributed by atoms with van der Waals surface area (Å²) in [5.74, 6) is 0.0568. The molecule has 8 aromatic heterocycles. The van der Waals surface area contributed by atoms with Gasteiger partial charge in [0.05, 0.1) is 75.9 Å². The molecule has 0 unspecified atom stereocenters. The Morgan fingerprint density at radius 3 is 1.69 bits per heavy atom. The van der Waals surface area contributed by atoms with E-state index in [-0.39, 0.29) is 17.6 Å². The largest absolute Gasteiger partial charge is 0.384 e. The van der Waals surface area contributed by atoms with Crippen LogP contribution in [0.1, 0.15) is 46.0 Å². The molecule has 0 saturated heterocycles. The van der Waals surface area contributed by atoms with Crippen molar-refractivity contribution in [3.05, 3.63) is 146 Å². The van der Waals surface area contributed by atoms with E-state index in [1.165, 1.54) is 24.3 Å². The smallest absolute Gasteiger partial charge is 0.224 e. The molecular weight excluding hydrogens is 1100 g/mol. The van der Waals surface area contributed by atoms with Gasteiger partial charge in [0.25, 0.3) is 0 Å². The molecule has 8 heterocycles. The highest BCUT2D eigenvalue weighted by molar-refractivity contribution is 6.01. The van der Waals surface area contributed by atoms with Crippen LogP contribution in [0.25, 0.3) is 111 Å². The summed E-state index contributed by atoms with van der Waals surface area (Å²) in [5.41, 5.74) is 13.6. The lowest BCUT2D eigenvalue weighted by Crippen LogP contribution is -2.28. The zero-order valence-corrected chi connectivity index (χ0v) is 48.8. The SMILES string of the molecule is CCCCC(=O)Nc1cncc(-c2ccc3[nH]nc(-c4nc5c(-c6cc(F)cc(NCCN(C)Cn7nc(-c8nc9c(-c%10cc(F)cc(NCCN(C)C)c%10)cncc9[nH]8)c8cc(-c9cncc(NC(=O)CCC)c9)ccc87)c6)cncc5[nH]4)c3c2)c1. The van der Waals surface area contributed by atoms with Crippen LogP contribution >= 0.6 is 0 Å². The number of pyridine rings is 4. The molecule has 2 amide bonds. The molecule has 0 aliphatic carbocycles. The Labute approximate surface area is 499 Å². The second-order valence-corrected chi connectivity index (χ2v) is 22.0. The minimum Gasteiger partial charge on any atom is -0.384 e. The van der Waals surface area contributed by atoms with Crippen molar-refractivity contribution in [3.8, 4) is 67.5 Å². The predicted molar refractivity (Wildman–Crippen MR) is 339 cm³/mol. The molecule has 87 heavy (non-hydrogen) atoms. The first-order valence-corrected chi connectivity index (χ1v) is 28.9. The molecular formula is C65H64F2N18O2. The number of unbranched alkanes of at least 4 members (excludes halogenated alkanes) is 1. The molecule has 0 saturated carbocycles. The van der Waals surface area contributed by atoms with Crippen LogP contribution < -0.4 is 21.3 Å². The number of benzene rings is 4. The third-order valence-electron chi connectivity index (χ3n) is 15.0. The van der Waals surface area contributed by atoms with Crippen LogP contribution in [-0.4, -0.2) is 129 Å². The average molecular weight is 1170 g/mol. The minimum absolute atomic E-state index is 0.0479. The molecule has 4 aromatic carbocycles. The maximum absolute atomic E-state index is 15.7. The number of aromatic nitrogens is 12. The summed E-state index contributed by atoms with van der Waals surface area (Å²) in [5, 5.41) is 27.3. The number of amides is 2. The lowest BCUT2D eigenvalue weighted by Gasteiger charge is -2.18. The lowest BCUT2D eigenvalue weighted by atomic mass is 10.0. The van der Waals surface area contributed by atoms with E-state index in [0.29, 0.717) is 129 Å². The third-order valence-corrected chi connectivity index (χ3v) is 15.0. The summed E-state index contributed by atoms with van der Waals surface area (Å²) >= 11 is 0. The fourth-order valence-corrected chi connectivity index (χ4v) is 10.7. The number of carbonyl (C=O) groups is 2. The van der Waals surface area contributed by atoms with Gasteiger partial charge < -0.3 is 36.1 Å². The lowest BCUT2D eigenvalue weighted by molar-refractivity contribution is -0.117. The van der Waals surface area contributed by atoms with Crippen molar-refractivity contribution in [2.75, 3.05) is 68.6 Å². The molecule has 22 heteroatoms. The van der Waals surface area contributed by atoms with Gasteiger partial charge >= 0.3 is 0 Å². The van der Waals surface area contributed by atoms with Gasteiger partial charge in [0.15, 0.2) is 11.6 Å².